The van der Waals surface area contributed by atoms with Crippen LogP contribution in [-0.2, 0) is 9.84 Å². The van der Waals surface area contributed by atoms with Crippen molar-refractivity contribution in [2.45, 2.75) is 4.90 Å². The monoisotopic (exact) mass is 308 g/mol. The predicted octanol–water partition coefficient (Wildman–Crippen LogP) is 2.91. The van der Waals surface area contributed by atoms with Crippen LogP contribution in [0, 0.1) is 11.6 Å². The van der Waals surface area contributed by atoms with Crippen LogP contribution in [0.2, 0.25) is 0 Å². The lowest BCUT2D eigenvalue weighted by Crippen LogP contribution is -1.96. The number of benzene rings is 2. The summed E-state index contributed by atoms with van der Waals surface area (Å²) >= 11 is 0. The molecule has 3 rings (SSSR count). The fraction of sp³-hybridized carbons (Fsp3) is 0.0714. The van der Waals surface area contributed by atoms with Crippen LogP contribution in [0.15, 0.2) is 41.3 Å². The zero-order valence-electron chi connectivity index (χ0n) is 10.9. The van der Waals surface area contributed by atoms with Crippen molar-refractivity contribution in [2.75, 3.05) is 6.26 Å². The summed E-state index contributed by atoms with van der Waals surface area (Å²) in [5.41, 5.74) is 0.907. The summed E-state index contributed by atoms with van der Waals surface area (Å²) in [5.74, 6) is -1.05. The Bertz CT molecular complexity index is 949. The molecule has 1 N–H and O–H groups in total. The minimum atomic E-state index is -3.35. The van der Waals surface area contributed by atoms with Gasteiger partial charge in [-0.25, -0.2) is 22.2 Å². The number of hydrogen-bond donors (Lipinski definition) is 1. The molecule has 1 heterocycles. The van der Waals surface area contributed by atoms with E-state index in [0.29, 0.717) is 11.0 Å². The molecule has 0 bridgehead atoms. The molecule has 2 aromatic carbocycles. The molecule has 0 unspecified atom stereocenters. The van der Waals surface area contributed by atoms with Crippen LogP contribution >= 0.6 is 0 Å². The van der Waals surface area contributed by atoms with Gasteiger partial charge in [0, 0.05) is 6.26 Å². The molecule has 0 aliphatic carbocycles. The fourth-order valence-corrected chi connectivity index (χ4v) is 2.67. The van der Waals surface area contributed by atoms with Gasteiger partial charge in [0.1, 0.15) is 17.5 Å². The normalized spacial score (nSPS) is 12.0. The van der Waals surface area contributed by atoms with Gasteiger partial charge in [-0.05, 0) is 36.4 Å². The van der Waals surface area contributed by atoms with Gasteiger partial charge in [-0.2, -0.15) is 0 Å². The number of sulfone groups is 1. The average Bonchev–Trinajstić information content (AvgIpc) is 2.83. The topological polar surface area (TPSA) is 62.8 Å². The first-order valence-corrected chi connectivity index (χ1v) is 7.89. The third-order valence-electron chi connectivity index (χ3n) is 3.07. The van der Waals surface area contributed by atoms with Gasteiger partial charge in [0.05, 0.1) is 21.5 Å². The summed E-state index contributed by atoms with van der Waals surface area (Å²) in [6.07, 6.45) is 1.09. The van der Waals surface area contributed by atoms with E-state index in [9.17, 15) is 17.2 Å². The molecule has 0 aliphatic rings. The van der Waals surface area contributed by atoms with Gasteiger partial charge in [0.2, 0.25) is 0 Å². The second-order valence-corrected chi connectivity index (χ2v) is 6.68. The Balaban J connectivity index is 2.20. The molecule has 0 saturated carbocycles. The molecular weight excluding hydrogens is 298 g/mol. The van der Waals surface area contributed by atoms with Gasteiger partial charge in [0.15, 0.2) is 9.84 Å². The molecule has 0 radical (unpaired) electrons. The van der Waals surface area contributed by atoms with E-state index in [1.54, 1.807) is 0 Å². The Morgan fingerprint density at radius 2 is 1.86 bits per heavy atom. The first kappa shape index (κ1) is 13.7. The lowest BCUT2D eigenvalue weighted by Gasteiger charge is -1.98. The molecule has 0 saturated heterocycles. The first-order chi connectivity index (χ1) is 9.84. The zero-order chi connectivity index (χ0) is 15.2. The van der Waals surface area contributed by atoms with Gasteiger partial charge in [-0.15, -0.1) is 0 Å². The molecule has 21 heavy (non-hydrogen) atoms. The van der Waals surface area contributed by atoms with Crippen LogP contribution in [0.4, 0.5) is 8.78 Å². The number of imidazole rings is 1. The SMILES string of the molecule is CS(=O)(=O)c1ccc2nc(-c3cc(F)ccc3F)[nH]c2c1. The van der Waals surface area contributed by atoms with E-state index >= 15 is 0 Å². The maximum absolute atomic E-state index is 13.7. The minimum Gasteiger partial charge on any atom is -0.338 e. The van der Waals surface area contributed by atoms with Gasteiger partial charge in [-0.3, -0.25) is 0 Å². The summed E-state index contributed by atoms with van der Waals surface area (Å²) in [6, 6.07) is 7.42. The predicted molar refractivity (Wildman–Crippen MR) is 74.6 cm³/mol. The molecule has 0 fully saturated rings. The second-order valence-electron chi connectivity index (χ2n) is 4.66. The second kappa shape index (κ2) is 4.63. The number of H-pyrrole nitrogens is 1. The quantitative estimate of drug-likeness (QED) is 0.792. The smallest absolute Gasteiger partial charge is 0.175 e. The summed E-state index contributed by atoms with van der Waals surface area (Å²) in [4.78, 5) is 7.09. The number of nitrogens with one attached hydrogen (secondary N) is 1. The number of aromatic nitrogens is 2. The highest BCUT2D eigenvalue weighted by molar-refractivity contribution is 7.90. The lowest BCUT2D eigenvalue weighted by molar-refractivity contribution is 0.602. The Hall–Kier alpha value is -2.28. The zero-order valence-corrected chi connectivity index (χ0v) is 11.7. The largest absolute Gasteiger partial charge is 0.338 e. The van der Waals surface area contributed by atoms with E-state index in [-0.39, 0.29) is 16.3 Å². The van der Waals surface area contributed by atoms with Crippen molar-refractivity contribution in [1.29, 1.82) is 0 Å². The Labute approximate surface area is 119 Å². The third-order valence-corrected chi connectivity index (χ3v) is 4.18. The number of rotatable bonds is 2. The highest BCUT2D eigenvalue weighted by Gasteiger charge is 2.13. The number of halogens is 2. The molecule has 108 valence electrons. The van der Waals surface area contributed by atoms with E-state index in [1.165, 1.54) is 18.2 Å². The first-order valence-electron chi connectivity index (χ1n) is 6.00. The van der Waals surface area contributed by atoms with Crippen LogP contribution < -0.4 is 0 Å². The van der Waals surface area contributed by atoms with Crippen molar-refractivity contribution in [3.8, 4) is 11.4 Å². The summed E-state index contributed by atoms with van der Waals surface area (Å²) < 4.78 is 50.0. The molecular formula is C14H10F2N2O2S. The molecule has 4 nitrogen and oxygen atoms in total. The van der Waals surface area contributed by atoms with Gasteiger partial charge in [0.25, 0.3) is 0 Å². The van der Waals surface area contributed by atoms with Crippen LogP contribution in [0.3, 0.4) is 0 Å². The van der Waals surface area contributed by atoms with Crippen molar-refractivity contribution in [3.63, 3.8) is 0 Å². The minimum absolute atomic E-state index is 0.00731. The fourth-order valence-electron chi connectivity index (χ4n) is 2.03. The lowest BCUT2D eigenvalue weighted by atomic mass is 10.2. The Kier molecular flexibility index (Phi) is 3.02. The van der Waals surface area contributed by atoms with Crippen molar-refractivity contribution in [1.82, 2.24) is 9.97 Å². The van der Waals surface area contributed by atoms with Crippen LogP contribution in [-0.4, -0.2) is 24.6 Å². The number of aromatic amines is 1. The van der Waals surface area contributed by atoms with E-state index < -0.39 is 21.5 Å². The Morgan fingerprint density at radius 3 is 2.57 bits per heavy atom. The van der Waals surface area contributed by atoms with Gasteiger partial charge in [-0.1, -0.05) is 0 Å². The van der Waals surface area contributed by atoms with Crippen LogP contribution in [0.5, 0.6) is 0 Å². The van der Waals surface area contributed by atoms with E-state index in [1.807, 2.05) is 0 Å². The maximum atomic E-state index is 13.7. The molecule has 1 aromatic heterocycles. The molecule has 0 amide bonds. The van der Waals surface area contributed by atoms with Crippen molar-refractivity contribution in [3.05, 3.63) is 48.0 Å². The van der Waals surface area contributed by atoms with Gasteiger partial charge >= 0.3 is 0 Å². The summed E-state index contributed by atoms with van der Waals surface area (Å²) in [5, 5.41) is 0. The molecule has 0 spiro atoms. The highest BCUT2D eigenvalue weighted by Crippen LogP contribution is 2.25. The number of nitrogens with zero attached hydrogens (tertiary/aromatic N) is 1. The summed E-state index contributed by atoms with van der Waals surface area (Å²) in [7, 11) is -3.35. The van der Waals surface area contributed by atoms with Crippen LogP contribution in [0.25, 0.3) is 22.4 Å². The number of fused-ring (bicyclic) bond motifs is 1. The van der Waals surface area contributed by atoms with E-state index in [2.05, 4.69) is 9.97 Å². The molecule has 0 atom stereocenters. The maximum Gasteiger partial charge on any atom is 0.175 e. The van der Waals surface area contributed by atoms with Crippen molar-refractivity contribution in [2.24, 2.45) is 0 Å². The summed E-state index contributed by atoms with van der Waals surface area (Å²) in [6.45, 7) is 0. The Morgan fingerprint density at radius 1 is 1.10 bits per heavy atom. The van der Waals surface area contributed by atoms with E-state index in [4.69, 9.17) is 0 Å². The van der Waals surface area contributed by atoms with Crippen molar-refractivity contribution >= 4 is 20.9 Å². The molecule has 7 heteroatoms. The number of hydrogen-bond acceptors (Lipinski definition) is 3. The van der Waals surface area contributed by atoms with Crippen LogP contribution in [0.1, 0.15) is 0 Å². The van der Waals surface area contributed by atoms with Gasteiger partial charge < -0.3 is 4.98 Å². The third kappa shape index (κ3) is 2.52. The standard InChI is InChI=1S/C14H10F2N2O2S/c1-21(19,20)9-3-5-12-13(7-9)18-14(17-12)10-6-8(15)2-4-11(10)16/h2-7H,1H3,(H,17,18). The molecule has 0 aliphatic heterocycles. The highest BCUT2D eigenvalue weighted by atomic mass is 32.2. The molecule has 3 aromatic rings. The average molecular weight is 308 g/mol. The van der Waals surface area contributed by atoms with E-state index in [0.717, 1.165) is 24.5 Å². The van der Waals surface area contributed by atoms with Crippen molar-refractivity contribution < 1.29 is 17.2 Å².